The molecule has 0 spiro atoms. The monoisotopic (exact) mass is 296 g/mol. The second-order valence-corrected chi connectivity index (χ2v) is 6.72. The lowest BCUT2D eigenvalue weighted by molar-refractivity contribution is -0.132. The zero-order valence-electron chi connectivity index (χ0n) is 14.5. The predicted molar refractivity (Wildman–Crippen MR) is 90.5 cm³/mol. The first kappa shape index (κ1) is 18.5. The van der Waals surface area contributed by atoms with Crippen molar-refractivity contribution in [1.82, 2.24) is 10.2 Å². The zero-order valence-corrected chi connectivity index (χ0v) is 14.5. The van der Waals surface area contributed by atoms with Gasteiger partial charge in [-0.2, -0.15) is 0 Å². The molecule has 0 aliphatic carbocycles. The molecule has 0 radical (unpaired) electrons. The number of likely N-dealkylation sites (N-methyl/N-ethyl adjacent to an activating group) is 1. The molecule has 3 heteroatoms. The molecule has 0 aromatic carbocycles. The summed E-state index contributed by atoms with van der Waals surface area (Å²) in [7, 11) is 1.93. The van der Waals surface area contributed by atoms with E-state index in [0.29, 0.717) is 24.4 Å². The topological polar surface area (TPSA) is 32.3 Å². The minimum absolute atomic E-state index is 0.302. The van der Waals surface area contributed by atoms with Gasteiger partial charge in [0.2, 0.25) is 5.91 Å². The van der Waals surface area contributed by atoms with Gasteiger partial charge >= 0.3 is 0 Å². The van der Waals surface area contributed by atoms with Crippen molar-refractivity contribution < 1.29 is 4.79 Å². The molecule has 1 N–H and O–H groups in total. The Bertz CT molecular complexity index is 280. The molecule has 0 aromatic rings. The molecule has 1 aliphatic heterocycles. The minimum Gasteiger partial charge on any atom is -0.344 e. The SMILES string of the molecule is CCCCCCCCC(CCC)NC1CCC(=O)N(C)C1. The van der Waals surface area contributed by atoms with Crippen LogP contribution in [0.2, 0.25) is 0 Å². The summed E-state index contributed by atoms with van der Waals surface area (Å²) in [5, 5.41) is 3.82. The molecule has 1 saturated heterocycles. The van der Waals surface area contributed by atoms with Crippen molar-refractivity contribution in [2.75, 3.05) is 13.6 Å². The molecule has 1 rings (SSSR count). The van der Waals surface area contributed by atoms with Crippen LogP contribution in [0, 0.1) is 0 Å². The van der Waals surface area contributed by atoms with Gasteiger partial charge in [0.1, 0.15) is 0 Å². The lowest BCUT2D eigenvalue weighted by Crippen LogP contribution is -2.49. The number of unbranched alkanes of at least 4 members (excludes halogenated alkanes) is 5. The van der Waals surface area contributed by atoms with Crippen LogP contribution < -0.4 is 5.32 Å². The van der Waals surface area contributed by atoms with E-state index in [2.05, 4.69) is 19.2 Å². The van der Waals surface area contributed by atoms with Crippen LogP contribution in [0.15, 0.2) is 0 Å². The highest BCUT2D eigenvalue weighted by atomic mass is 16.2. The maximum absolute atomic E-state index is 11.5. The molecule has 124 valence electrons. The summed E-state index contributed by atoms with van der Waals surface area (Å²) >= 11 is 0. The maximum Gasteiger partial charge on any atom is 0.222 e. The number of rotatable bonds is 11. The van der Waals surface area contributed by atoms with Crippen LogP contribution >= 0.6 is 0 Å². The second-order valence-electron chi connectivity index (χ2n) is 6.72. The maximum atomic E-state index is 11.5. The zero-order chi connectivity index (χ0) is 15.5. The Hall–Kier alpha value is -0.570. The Morgan fingerprint density at radius 2 is 1.81 bits per heavy atom. The molecular weight excluding hydrogens is 260 g/mol. The molecule has 2 atom stereocenters. The van der Waals surface area contributed by atoms with Crippen LogP contribution in [0.5, 0.6) is 0 Å². The number of nitrogens with one attached hydrogen (secondary N) is 1. The molecule has 0 saturated carbocycles. The Morgan fingerprint density at radius 1 is 1.10 bits per heavy atom. The standard InChI is InChI=1S/C18H36N2O/c1-4-6-7-8-9-10-12-16(11-5-2)19-17-13-14-18(21)20(3)15-17/h16-17,19H,4-15H2,1-3H3. The van der Waals surface area contributed by atoms with Gasteiger partial charge in [0.25, 0.3) is 0 Å². The predicted octanol–water partition coefficient (Wildman–Crippen LogP) is 4.12. The van der Waals surface area contributed by atoms with E-state index in [9.17, 15) is 4.79 Å². The van der Waals surface area contributed by atoms with Gasteiger partial charge in [-0.1, -0.05) is 58.8 Å². The van der Waals surface area contributed by atoms with Crippen LogP contribution in [0.3, 0.4) is 0 Å². The number of hydrogen-bond acceptors (Lipinski definition) is 2. The Balaban J connectivity index is 2.21. The first-order chi connectivity index (χ1) is 10.2. The van der Waals surface area contributed by atoms with E-state index in [-0.39, 0.29) is 0 Å². The van der Waals surface area contributed by atoms with Crippen LogP contribution in [0.4, 0.5) is 0 Å². The fourth-order valence-electron chi connectivity index (χ4n) is 3.31. The van der Waals surface area contributed by atoms with E-state index in [4.69, 9.17) is 0 Å². The molecule has 1 fully saturated rings. The van der Waals surface area contributed by atoms with Gasteiger partial charge in [-0.15, -0.1) is 0 Å². The van der Waals surface area contributed by atoms with Crippen molar-refractivity contribution in [2.24, 2.45) is 0 Å². The van der Waals surface area contributed by atoms with Crippen LogP contribution in [-0.2, 0) is 4.79 Å². The number of nitrogens with zero attached hydrogens (tertiary/aromatic N) is 1. The first-order valence-corrected chi connectivity index (χ1v) is 9.17. The molecule has 1 heterocycles. The Kier molecular flexibility index (Phi) is 9.73. The van der Waals surface area contributed by atoms with Crippen molar-refractivity contribution in [3.8, 4) is 0 Å². The summed E-state index contributed by atoms with van der Waals surface area (Å²) < 4.78 is 0. The molecule has 21 heavy (non-hydrogen) atoms. The molecule has 0 aromatic heterocycles. The molecule has 1 amide bonds. The van der Waals surface area contributed by atoms with E-state index in [1.807, 2.05) is 11.9 Å². The summed E-state index contributed by atoms with van der Waals surface area (Å²) in [6.07, 6.45) is 13.8. The van der Waals surface area contributed by atoms with Crippen molar-refractivity contribution >= 4 is 5.91 Å². The van der Waals surface area contributed by atoms with Crippen LogP contribution in [0.1, 0.15) is 84.5 Å². The Labute approximate surface area is 131 Å². The first-order valence-electron chi connectivity index (χ1n) is 9.17. The van der Waals surface area contributed by atoms with Crippen molar-refractivity contribution in [3.05, 3.63) is 0 Å². The third kappa shape index (κ3) is 7.85. The van der Waals surface area contributed by atoms with Gasteiger partial charge in [-0.25, -0.2) is 0 Å². The van der Waals surface area contributed by atoms with E-state index >= 15 is 0 Å². The summed E-state index contributed by atoms with van der Waals surface area (Å²) in [5.74, 6) is 0.302. The average Bonchev–Trinajstić information content (AvgIpc) is 2.46. The van der Waals surface area contributed by atoms with Gasteiger partial charge in [0.05, 0.1) is 0 Å². The summed E-state index contributed by atoms with van der Waals surface area (Å²) in [5.41, 5.74) is 0. The quantitative estimate of drug-likeness (QED) is 0.582. The normalized spacial score (nSPS) is 20.8. The van der Waals surface area contributed by atoms with Gasteiger partial charge < -0.3 is 10.2 Å². The fraction of sp³-hybridized carbons (Fsp3) is 0.944. The number of piperidine rings is 1. The van der Waals surface area contributed by atoms with Gasteiger partial charge in [-0.05, 0) is 19.3 Å². The summed E-state index contributed by atoms with van der Waals surface area (Å²) in [6.45, 7) is 5.43. The van der Waals surface area contributed by atoms with Crippen molar-refractivity contribution in [2.45, 2.75) is 96.6 Å². The molecule has 1 aliphatic rings. The van der Waals surface area contributed by atoms with E-state index in [1.54, 1.807) is 0 Å². The smallest absolute Gasteiger partial charge is 0.222 e. The van der Waals surface area contributed by atoms with Gasteiger partial charge in [0.15, 0.2) is 0 Å². The number of carbonyl (C=O) groups is 1. The third-order valence-electron chi connectivity index (χ3n) is 4.64. The minimum atomic E-state index is 0.302. The second kappa shape index (κ2) is 11.1. The summed E-state index contributed by atoms with van der Waals surface area (Å²) in [6, 6.07) is 1.15. The highest BCUT2D eigenvalue weighted by Crippen LogP contribution is 2.15. The van der Waals surface area contributed by atoms with Crippen LogP contribution in [-0.4, -0.2) is 36.5 Å². The highest BCUT2D eigenvalue weighted by Gasteiger charge is 2.24. The molecule has 2 unspecified atom stereocenters. The van der Waals surface area contributed by atoms with Gasteiger partial charge in [0, 0.05) is 32.1 Å². The molecular formula is C18H36N2O. The van der Waals surface area contributed by atoms with E-state index in [1.165, 1.54) is 57.8 Å². The number of likely N-dealkylation sites (tertiary alicyclic amines) is 1. The van der Waals surface area contributed by atoms with E-state index < -0.39 is 0 Å². The highest BCUT2D eigenvalue weighted by molar-refractivity contribution is 5.76. The number of amides is 1. The Morgan fingerprint density at radius 3 is 2.48 bits per heavy atom. The summed E-state index contributed by atoms with van der Waals surface area (Å²) in [4.78, 5) is 13.4. The number of hydrogen-bond donors (Lipinski definition) is 1. The number of carbonyl (C=O) groups excluding carboxylic acids is 1. The lowest BCUT2D eigenvalue weighted by Gasteiger charge is -2.33. The van der Waals surface area contributed by atoms with Crippen LogP contribution in [0.25, 0.3) is 0 Å². The fourth-order valence-corrected chi connectivity index (χ4v) is 3.31. The molecule has 0 bridgehead atoms. The van der Waals surface area contributed by atoms with Crippen molar-refractivity contribution in [3.63, 3.8) is 0 Å². The third-order valence-corrected chi connectivity index (χ3v) is 4.64. The van der Waals surface area contributed by atoms with E-state index in [0.717, 1.165) is 13.0 Å². The average molecular weight is 296 g/mol. The lowest BCUT2D eigenvalue weighted by atomic mass is 9.99. The van der Waals surface area contributed by atoms with Gasteiger partial charge in [-0.3, -0.25) is 4.79 Å². The largest absolute Gasteiger partial charge is 0.344 e. The molecule has 3 nitrogen and oxygen atoms in total. The van der Waals surface area contributed by atoms with Crippen molar-refractivity contribution in [1.29, 1.82) is 0 Å².